The van der Waals surface area contributed by atoms with Gasteiger partial charge in [-0.3, -0.25) is 9.88 Å². The van der Waals surface area contributed by atoms with Crippen molar-refractivity contribution in [3.63, 3.8) is 0 Å². The SMILES string of the molecule is CNc1ccc(C[C@@H]2CCCN(Cc3cccnc3)C2)nn1. The second-order valence-corrected chi connectivity index (χ2v) is 5.97. The highest BCUT2D eigenvalue weighted by Gasteiger charge is 2.20. The third kappa shape index (κ3) is 4.01. The van der Waals surface area contributed by atoms with Crippen LogP contribution in [0.15, 0.2) is 36.7 Å². The Balaban J connectivity index is 1.55. The lowest BCUT2D eigenvalue weighted by atomic mass is 9.93. The molecule has 1 atom stereocenters. The van der Waals surface area contributed by atoms with Crippen LogP contribution in [0.2, 0.25) is 0 Å². The summed E-state index contributed by atoms with van der Waals surface area (Å²) in [5.74, 6) is 1.49. The van der Waals surface area contributed by atoms with Crippen LogP contribution in [-0.4, -0.2) is 40.2 Å². The number of nitrogens with zero attached hydrogens (tertiary/aromatic N) is 4. The third-order valence-corrected chi connectivity index (χ3v) is 4.21. The number of anilines is 1. The molecule has 22 heavy (non-hydrogen) atoms. The van der Waals surface area contributed by atoms with Gasteiger partial charge in [-0.05, 0) is 55.5 Å². The summed E-state index contributed by atoms with van der Waals surface area (Å²) in [7, 11) is 1.86. The first-order valence-corrected chi connectivity index (χ1v) is 7.95. The van der Waals surface area contributed by atoms with Crippen LogP contribution in [0.5, 0.6) is 0 Å². The van der Waals surface area contributed by atoms with Gasteiger partial charge in [0.05, 0.1) is 5.69 Å². The van der Waals surface area contributed by atoms with E-state index in [9.17, 15) is 0 Å². The van der Waals surface area contributed by atoms with Gasteiger partial charge >= 0.3 is 0 Å². The van der Waals surface area contributed by atoms with Crippen molar-refractivity contribution < 1.29 is 0 Å². The molecule has 0 aliphatic carbocycles. The molecule has 0 unspecified atom stereocenters. The molecule has 0 aromatic carbocycles. The molecule has 116 valence electrons. The normalized spacial score (nSPS) is 19.0. The molecule has 1 aliphatic rings. The van der Waals surface area contributed by atoms with Crippen LogP contribution >= 0.6 is 0 Å². The summed E-state index contributed by atoms with van der Waals surface area (Å²) in [5, 5.41) is 11.5. The predicted molar refractivity (Wildman–Crippen MR) is 87.5 cm³/mol. The monoisotopic (exact) mass is 297 g/mol. The van der Waals surface area contributed by atoms with Gasteiger partial charge in [0.1, 0.15) is 5.82 Å². The molecule has 1 fully saturated rings. The summed E-state index contributed by atoms with van der Waals surface area (Å²) >= 11 is 0. The van der Waals surface area contributed by atoms with Gasteiger partial charge in [0, 0.05) is 32.5 Å². The molecule has 3 heterocycles. The molecule has 1 N–H and O–H groups in total. The van der Waals surface area contributed by atoms with Crippen LogP contribution < -0.4 is 5.32 Å². The predicted octanol–water partition coefficient (Wildman–Crippen LogP) is 2.37. The number of rotatable bonds is 5. The van der Waals surface area contributed by atoms with Crippen LogP contribution in [0.4, 0.5) is 5.82 Å². The Labute approximate surface area is 131 Å². The van der Waals surface area contributed by atoms with Crippen molar-refractivity contribution in [1.29, 1.82) is 0 Å². The second-order valence-electron chi connectivity index (χ2n) is 5.97. The van der Waals surface area contributed by atoms with E-state index in [1.165, 1.54) is 24.9 Å². The van der Waals surface area contributed by atoms with Crippen molar-refractivity contribution in [3.05, 3.63) is 47.9 Å². The number of aromatic nitrogens is 3. The summed E-state index contributed by atoms with van der Waals surface area (Å²) in [4.78, 5) is 6.73. The molecule has 2 aromatic rings. The summed E-state index contributed by atoms with van der Waals surface area (Å²) in [5.41, 5.74) is 2.38. The molecule has 0 radical (unpaired) electrons. The smallest absolute Gasteiger partial charge is 0.148 e. The van der Waals surface area contributed by atoms with Gasteiger partial charge in [0.2, 0.25) is 0 Å². The maximum absolute atomic E-state index is 4.31. The first-order valence-electron chi connectivity index (χ1n) is 7.95. The number of pyridine rings is 1. The standard InChI is InChI=1S/C17H23N5/c1-18-17-7-6-16(20-21-17)10-14-5-3-9-22(12-14)13-15-4-2-8-19-11-15/h2,4,6-8,11,14H,3,5,9-10,12-13H2,1H3,(H,18,21)/t14-/m0/s1. The molecule has 0 saturated carbocycles. The largest absolute Gasteiger partial charge is 0.372 e. The topological polar surface area (TPSA) is 53.9 Å². The molecule has 0 amide bonds. The average Bonchev–Trinajstić information content (AvgIpc) is 2.57. The van der Waals surface area contributed by atoms with Crippen LogP contribution in [-0.2, 0) is 13.0 Å². The number of hydrogen-bond donors (Lipinski definition) is 1. The first-order chi connectivity index (χ1) is 10.8. The highest BCUT2D eigenvalue weighted by molar-refractivity contribution is 5.31. The van der Waals surface area contributed by atoms with Gasteiger partial charge in [-0.2, -0.15) is 5.10 Å². The highest BCUT2D eigenvalue weighted by atomic mass is 15.2. The zero-order valence-corrected chi connectivity index (χ0v) is 13.1. The van der Waals surface area contributed by atoms with Gasteiger partial charge in [0.15, 0.2) is 0 Å². The molecule has 1 aliphatic heterocycles. The van der Waals surface area contributed by atoms with Gasteiger partial charge < -0.3 is 5.32 Å². The van der Waals surface area contributed by atoms with E-state index in [-0.39, 0.29) is 0 Å². The molecule has 5 heteroatoms. The van der Waals surface area contributed by atoms with E-state index >= 15 is 0 Å². The molecule has 0 spiro atoms. The lowest BCUT2D eigenvalue weighted by Crippen LogP contribution is -2.35. The molecular formula is C17H23N5. The molecular weight excluding hydrogens is 274 g/mol. The van der Waals surface area contributed by atoms with Crippen molar-refractivity contribution in [1.82, 2.24) is 20.1 Å². The molecule has 2 aromatic heterocycles. The summed E-state index contributed by atoms with van der Waals surface area (Å²) in [6.07, 6.45) is 7.34. The van der Waals surface area contributed by atoms with E-state index in [1.54, 1.807) is 0 Å². The van der Waals surface area contributed by atoms with Gasteiger partial charge in [-0.15, -0.1) is 5.10 Å². The van der Waals surface area contributed by atoms with E-state index in [0.29, 0.717) is 5.92 Å². The van der Waals surface area contributed by atoms with Crippen molar-refractivity contribution in [2.45, 2.75) is 25.8 Å². The quantitative estimate of drug-likeness (QED) is 0.918. The minimum absolute atomic E-state index is 0.667. The van der Waals surface area contributed by atoms with Crippen LogP contribution in [0.25, 0.3) is 0 Å². The molecule has 3 rings (SSSR count). The molecule has 1 saturated heterocycles. The third-order valence-electron chi connectivity index (χ3n) is 4.21. The Hall–Kier alpha value is -2.01. The Morgan fingerprint density at radius 3 is 2.95 bits per heavy atom. The van der Waals surface area contributed by atoms with Gasteiger partial charge in [0.25, 0.3) is 0 Å². The van der Waals surface area contributed by atoms with E-state index < -0.39 is 0 Å². The lowest BCUT2D eigenvalue weighted by Gasteiger charge is -2.32. The Morgan fingerprint density at radius 1 is 1.27 bits per heavy atom. The second kappa shape index (κ2) is 7.31. The van der Waals surface area contributed by atoms with Crippen LogP contribution in [0.3, 0.4) is 0 Å². The summed E-state index contributed by atoms with van der Waals surface area (Å²) in [6.45, 7) is 3.30. The van der Waals surface area contributed by atoms with E-state index in [4.69, 9.17) is 0 Å². The fourth-order valence-corrected chi connectivity index (χ4v) is 3.11. The number of piperidine rings is 1. The molecule has 0 bridgehead atoms. The fraction of sp³-hybridized carbons (Fsp3) is 0.471. The van der Waals surface area contributed by atoms with Crippen LogP contribution in [0, 0.1) is 5.92 Å². The van der Waals surface area contributed by atoms with E-state index in [0.717, 1.165) is 31.0 Å². The minimum atomic E-state index is 0.667. The van der Waals surface area contributed by atoms with Gasteiger partial charge in [-0.25, -0.2) is 0 Å². The maximum Gasteiger partial charge on any atom is 0.148 e. The average molecular weight is 297 g/mol. The number of hydrogen-bond acceptors (Lipinski definition) is 5. The van der Waals surface area contributed by atoms with Crippen molar-refractivity contribution in [3.8, 4) is 0 Å². The zero-order chi connectivity index (χ0) is 15.2. The Morgan fingerprint density at radius 2 is 2.23 bits per heavy atom. The van der Waals surface area contributed by atoms with E-state index in [2.05, 4.69) is 37.5 Å². The van der Waals surface area contributed by atoms with Crippen molar-refractivity contribution >= 4 is 5.82 Å². The van der Waals surface area contributed by atoms with Gasteiger partial charge in [-0.1, -0.05) is 6.07 Å². The van der Waals surface area contributed by atoms with Crippen molar-refractivity contribution in [2.75, 3.05) is 25.5 Å². The zero-order valence-electron chi connectivity index (χ0n) is 13.1. The first kappa shape index (κ1) is 14.9. The fourth-order valence-electron chi connectivity index (χ4n) is 3.11. The number of nitrogens with one attached hydrogen (secondary N) is 1. The van der Waals surface area contributed by atoms with Crippen LogP contribution in [0.1, 0.15) is 24.1 Å². The number of likely N-dealkylation sites (tertiary alicyclic amines) is 1. The summed E-state index contributed by atoms with van der Waals surface area (Å²) < 4.78 is 0. The lowest BCUT2D eigenvalue weighted by molar-refractivity contribution is 0.166. The van der Waals surface area contributed by atoms with E-state index in [1.807, 2.05) is 31.6 Å². The Bertz CT molecular complexity index is 569. The minimum Gasteiger partial charge on any atom is -0.372 e. The molecule has 5 nitrogen and oxygen atoms in total. The Kier molecular flexibility index (Phi) is 4.96. The summed E-state index contributed by atoms with van der Waals surface area (Å²) in [6, 6.07) is 8.24. The maximum atomic E-state index is 4.31. The van der Waals surface area contributed by atoms with Crippen molar-refractivity contribution in [2.24, 2.45) is 5.92 Å². The highest BCUT2D eigenvalue weighted by Crippen LogP contribution is 2.21.